The largest absolute Gasteiger partial charge is 0.490 e. The van der Waals surface area contributed by atoms with Crippen molar-refractivity contribution in [2.24, 2.45) is 11.7 Å². The first kappa shape index (κ1) is 16.1. The number of rotatable bonds is 5. The number of hydrogen-bond donors (Lipinski definition) is 2. The lowest BCUT2D eigenvalue weighted by Gasteiger charge is -2.24. The maximum absolute atomic E-state index is 11.8. The van der Waals surface area contributed by atoms with E-state index in [2.05, 4.69) is 10.3 Å². The number of nitrogens with one attached hydrogen (secondary N) is 1. The SMILES string of the molecule is CC(C)Oc1cc2c(O[C@@H]3C[C@H]4C[C@@H]3CN4)nccc2cc1C(N)=O. The van der Waals surface area contributed by atoms with E-state index in [0.717, 1.165) is 23.7 Å². The van der Waals surface area contributed by atoms with Crippen LogP contribution in [0.4, 0.5) is 0 Å². The maximum Gasteiger partial charge on any atom is 0.252 e. The molecule has 0 radical (unpaired) electrons. The van der Waals surface area contributed by atoms with Gasteiger partial charge in [-0.3, -0.25) is 4.79 Å². The molecule has 1 aromatic carbocycles. The molecule has 1 aliphatic carbocycles. The molecule has 3 N–H and O–H groups in total. The summed E-state index contributed by atoms with van der Waals surface area (Å²) in [7, 11) is 0. The molecule has 2 aromatic rings. The van der Waals surface area contributed by atoms with E-state index in [0.29, 0.717) is 29.2 Å². The van der Waals surface area contributed by atoms with Gasteiger partial charge in [0.15, 0.2) is 0 Å². The van der Waals surface area contributed by atoms with E-state index < -0.39 is 5.91 Å². The van der Waals surface area contributed by atoms with Crippen LogP contribution in [-0.2, 0) is 0 Å². The van der Waals surface area contributed by atoms with Crippen LogP contribution in [0, 0.1) is 5.92 Å². The van der Waals surface area contributed by atoms with Crippen LogP contribution in [-0.4, -0.2) is 35.7 Å². The number of hydrogen-bond acceptors (Lipinski definition) is 5. The first-order chi connectivity index (χ1) is 12.0. The Morgan fingerprint density at radius 2 is 2.20 bits per heavy atom. The van der Waals surface area contributed by atoms with Gasteiger partial charge in [-0.25, -0.2) is 4.98 Å². The summed E-state index contributed by atoms with van der Waals surface area (Å²) >= 11 is 0. The summed E-state index contributed by atoms with van der Waals surface area (Å²) in [5.74, 6) is 1.11. The van der Waals surface area contributed by atoms with E-state index in [1.54, 1.807) is 12.3 Å². The van der Waals surface area contributed by atoms with Gasteiger partial charge < -0.3 is 20.5 Å². The molecule has 3 atom stereocenters. The van der Waals surface area contributed by atoms with Crippen molar-refractivity contribution in [3.63, 3.8) is 0 Å². The van der Waals surface area contributed by atoms with Crippen LogP contribution < -0.4 is 20.5 Å². The molecule has 4 rings (SSSR count). The number of benzene rings is 1. The van der Waals surface area contributed by atoms with Crippen LogP contribution in [0.3, 0.4) is 0 Å². The number of nitrogens with two attached hydrogens (primary N) is 1. The lowest BCUT2D eigenvalue weighted by Crippen LogP contribution is -2.35. The molecule has 2 fully saturated rings. The van der Waals surface area contributed by atoms with Gasteiger partial charge in [0, 0.05) is 30.1 Å². The smallest absolute Gasteiger partial charge is 0.252 e. The molecule has 1 aromatic heterocycles. The first-order valence-electron chi connectivity index (χ1n) is 8.80. The molecule has 0 spiro atoms. The van der Waals surface area contributed by atoms with E-state index in [9.17, 15) is 4.79 Å². The number of amides is 1. The molecule has 1 aliphatic heterocycles. The van der Waals surface area contributed by atoms with Crippen molar-refractivity contribution < 1.29 is 14.3 Å². The Labute approximate surface area is 146 Å². The van der Waals surface area contributed by atoms with Gasteiger partial charge in [0.05, 0.1) is 11.7 Å². The minimum atomic E-state index is -0.504. The molecule has 6 heteroatoms. The minimum Gasteiger partial charge on any atom is -0.490 e. The van der Waals surface area contributed by atoms with Crippen molar-refractivity contribution in [2.45, 2.75) is 44.9 Å². The molecule has 2 bridgehead atoms. The number of piperidine rings is 1. The van der Waals surface area contributed by atoms with Gasteiger partial charge in [0.2, 0.25) is 5.88 Å². The molecule has 1 saturated carbocycles. The lowest BCUT2D eigenvalue weighted by molar-refractivity contribution is 0.0994. The molecule has 132 valence electrons. The molecular weight excluding hydrogens is 318 g/mol. The van der Waals surface area contributed by atoms with E-state index >= 15 is 0 Å². The van der Waals surface area contributed by atoms with Crippen LogP contribution in [0.25, 0.3) is 10.8 Å². The summed E-state index contributed by atoms with van der Waals surface area (Å²) in [5, 5.41) is 5.21. The van der Waals surface area contributed by atoms with Crippen molar-refractivity contribution in [3.8, 4) is 11.6 Å². The van der Waals surface area contributed by atoms with Gasteiger partial charge in [-0.2, -0.15) is 0 Å². The second-order valence-corrected chi connectivity index (χ2v) is 7.21. The summed E-state index contributed by atoms with van der Waals surface area (Å²) < 4.78 is 12.1. The molecule has 2 heterocycles. The Morgan fingerprint density at radius 3 is 2.84 bits per heavy atom. The number of nitrogens with zero attached hydrogens (tertiary/aromatic N) is 1. The zero-order valence-electron chi connectivity index (χ0n) is 14.5. The van der Waals surface area contributed by atoms with Crippen LogP contribution in [0.2, 0.25) is 0 Å². The van der Waals surface area contributed by atoms with Crippen molar-refractivity contribution in [1.82, 2.24) is 10.3 Å². The highest BCUT2D eigenvalue weighted by molar-refractivity contribution is 6.01. The predicted octanol–water partition coefficient (Wildman–Crippen LogP) is 2.25. The molecule has 2 aliphatic rings. The Hall–Kier alpha value is -2.34. The first-order valence-corrected chi connectivity index (χ1v) is 8.80. The topological polar surface area (TPSA) is 86.5 Å². The highest BCUT2D eigenvalue weighted by atomic mass is 16.5. The number of pyridine rings is 1. The van der Waals surface area contributed by atoms with Crippen LogP contribution in [0.15, 0.2) is 24.4 Å². The van der Waals surface area contributed by atoms with Gasteiger partial charge in [-0.15, -0.1) is 0 Å². The minimum absolute atomic E-state index is 0.0618. The summed E-state index contributed by atoms with van der Waals surface area (Å²) in [5.41, 5.74) is 5.90. The highest BCUT2D eigenvalue weighted by Crippen LogP contribution is 2.37. The summed E-state index contributed by atoms with van der Waals surface area (Å²) in [6, 6.07) is 6.00. The van der Waals surface area contributed by atoms with Crippen molar-refractivity contribution in [2.75, 3.05) is 6.54 Å². The number of carbonyl (C=O) groups is 1. The Balaban J connectivity index is 1.73. The Morgan fingerprint density at radius 1 is 1.36 bits per heavy atom. The average Bonchev–Trinajstić information content (AvgIpc) is 3.17. The fourth-order valence-corrected chi connectivity index (χ4v) is 3.89. The van der Waals surface area contributed by atoms with Gasteiger partial charge in [0.25, 0.3) is 5.91 Å². The van der Waals surface area contributed by atoms with Crippen LogP contribution >= 0.6 is 0 Å². The third kappa shape index (κ3) is 3.02. The van der Waals surface area contributed by atoms with Gasteiger partial charge in [-0.1, -0.05) is 0 Å². The third-order valence-corrected chi connectivity index (χ3v) is 5.02. The fraction of sp³-hybridized carbons (Fsp3) is 0.474. The zero-order valence-corrected chi connectivity index (χ0v) is 14.5. The van der Waals surface area contributed by atoms with Gasteiger partial charge >= 0.3 is 0 Å². The molecule has 6 nitrogen and oxygen atoms in total. The molecule has 0 unspecified atom stereocenters. The number of fused-ring (bicyclic) bond motifs is 3. The van der Waals surface area contributed by atoms with Crippen LogP contribution in [0.1, 0.15) is 37.0 Å². The monoisotopic (exact) mass is 341 g/mol. The van der Waals surface area contributed by atoms with Crippen LogP contribution in [0.5, 0.6) is 11.6 Å². The average molecular weight is 341 g/mol. The van der Waals surface area contributed by atoms with E-state index in [-0.39, 0.29) is 12.2 Å². The summed E-state index contributed by atoms with van der Waals surface area (Å²) in [4.78, 5) is 16.2. The van der Waals surface area contributed by atoms with E-state index in [4.69, 9.17) is 15.2 Å². The molecule has 25 heavy (non-hydrogen) atoms. The summed E-state index contributed by atoms with van der Waals surface area (Å²) in [6.07, 6.45) is 4.01. The van der Waals surface area contributed by atoms with Gasteiger partial charge in [-0.05, 0) is 50.3 Å². The van der Waals surface area contributed by atoms with Crippen molar-refractivity contribution in [3.05, 3.63) is 30.0 Å². The molecular formula is C19H23N3O3. The zero-order chi connectivity index (χ0) is 17.6. The predicted molar refractivity (Wildman–Crippen MR) is 95.0 cm³/mol. The summed E-state index contributed by atoms with van der Waals surface area (Å²) in [6.45, 7) is 4.84. The molecule has 1 amide bonds. The molecule has 1 saturated heterocycles. The standard InChI is InChI=1S/C19H23N3O3/c1-10(2)24-17-8-14-11(6-15(17)18(20)23)3-4-21-19(14)25-16-7-13-5-12(16)9-22-13/h3-4,6,8,10,12-13,16,22H,5,7,9H2,1-2H3,(H2,20,23)/t12-,13-,16-/m1/s1. The quantitative estimate of drug-likeness (QED) is 0.871. The van der Waals surface area contributed by atoms with E-state index in [1.807, 2.05) is 26.0 Å². The van der Waals surface area contributed by atoms with E-state index in [1.165, 1.54) is 6.42 Å². The Kier molecular flexibility index (Phi) is 4.00. The third-order valence-electron chi connectivity index (χ3n) is 5.02. The normalized spacial score (nSPS) is 24.8. The Bertz CT molecular complexity index is 821. The fourth-order valence-electron chi connectivity index (χ4n) is 3.89. The number of carbonyl (C=O) groups excluding carboxylic acids is 1. The number of aromatic nitrogens is 1. The lowest BCUT2D eigenvalue weighted by atomic mass is 10.1. The highest BCUT2D eigenvalue weighted by Gasteiger charge is 2.41. The second-order valence-electron chi connectivity index (χ2n) is 7.21. The second kappa shape index (κ2) is 6.19. The van der Waals surface area contributed by atoms with Crippen molar-refractivity contribution >= 4 is 16.7 Å². The number of ether oxygens (including phenoxy) is 2. The maximum atomic E-state index is 11.8. The number of primary amides is 1. The van der Waals surface area contributed by atoms with Gasteiger partial charge in [0.1, 0.15) is 11.9 Å². The van der Waals surface area contributed by atoms with Crippen molar-refractivity contribution in [1.29, 1.82) is 0 Å².